The summed E-state index contributed by atoms with van der Waals surface area (Å²) >= 11 is 0. The molecule has 1 saturated carbocycles. The molecule has 2 amide bonds. The molecule has 1 aliphatic carbocycles. The molecule has 0 aromatic carbocycles. The van der Waals surface area contributed by atoms with Crippen molar-refractivity contribution in [2.45, 2.75) is 84.5 Å². The number of hydrogen-bond acceptors (Lipinski definition) is 4. The molecule has 6 heteroatoms. The Balaban J connectivity index is 2.47. The van der Waals surface area contributed by atoms with Crippen LogP contribution in [0.5, 0.6) is 0 Å². The molecule has 6 nitrogen and oxygen atoms in total. The maximum Gasteiger partial charge on any atom is 0.407 e. The highest BCUT2D eigenvalue weighted by Gasteiger charge is 2.31. The van der Waals surface area contributed by atoms with Gasteiger partial charge in [0.05, 0.1) is 11.6 Å². The zero-order chi connectivity index (χ0) is 18.4. The lowest BCUT2D eigenvalue weighted by Crippen LogP contribution is -2.58. The highest BCUT2D eigenvalue weighted by Crippen LogP contribution is 2.21. The fourth-order valence-electron chi connectivity index (χ4n) is 2.57. The molecule has 0 spiro atoms. The lowest BCUT2D eigenvalue weighted by atomic mass is 9.88. The predicted octanol–water partition coefficient (Wildman–Crippen LogP) is 3.00. The van der Waals surface area contributed by atoms with Gasteiger partial charge in [-0.2, -0.15) is 0 Å². The molecule has 0 aliphatic heterocycles. The zero-order valence-corrected chi connectivity index (χ0v) is 16.0. The van der Waals surface area contributed by atoms with E-state index < -0.39 is 17.2 Å². The van der Waals surface area contributed by atoms with Gasteiger partial charge >= 0.3 is 6.09 Å². The van der Waals surface area contributed by atoms with Crippen LogP contribution in [0.2, 0.25) is 0 Å². The summed E-state index contributed by atoms with van der Waals surface area (Å²) in [6.07, 6.45) is 4.15. The fourth-order valence-corrected chi connectivity index (χ4v) is 2.57. The van der Waals surface area contributed by atoms with Crippen molar-refractivity contribution < 1.29 is 19.1 Å². The SMILES string of the molecule is CC(C)C(C)(CNC(=O)OC(C)(C)C)NC(=O)COC1CCCC1. The average molecular weight is 342 g/mol. The van der Waals surface area contributed by atoms with Gasteiger partial charge in [0.25, 0.3) is 0 Å². The van der Waals surface area contributed by atoms with Crippen LogP contribution in [0, 0.1) is 5.92 Å². The van der Waals surface area contributed by atoms with Crippen LogP contribution in [0.3, 0.4) is 0 Å². The van der Waals surface area contributed by atoms with E-state index in [2.05, 4.69) is 10.6 Å². The summed E-state index contributed by atoms with van der Waals surface area (Å²) in [6.45, 7) is 11.8. The van der Waals surface area contributed by atoms with E-state index in [9.17, 15) is 9.59 Å². The normalized spacial score (nSPS) is 18.3. The number of nitrogens with one attached hydrogen (secondary N) is 2. The van der Waals surface area contributed by atoms with Crippen molar-refractivity contribution in [3.8, 4) is 0 Å². The van der Waals surface area contributed by atoms with Crippen molar-refractivity contribution in [1.29, 1.82) is 0 Å². The average Bonchev–Trinajstić information content (AvgIpc) is 2.94. The molecule has 0 bridgehead atoms. The largest absolute Gasteiger partial charge is 0.444 e. The van der Waals surface area contributed by atoms with Gasteiger partial charge in [-0.05, 0) is 46.5 Å². The summed E-state index contributed by atoms with van der Waals surface area (Å²) < 4.78 is 10.9. The van der Waals surface area contributed by atoms with Crippen LogP contribution in [0.4, 0.5) is 4.79 Å². The minimum Gasteiger partial charge on any atom is -0.444 e. The van der Waals surface area contributed by atoms with Crippen LogP contribution in [0.25, 0.3) is 0 Å². The summed E-state index contributed by atoms with van der Waals surface area (Å²) in [5, 5.41) is 5.75. The summed E-state index contributed by atoms with van der Waals surface area (Å²) in [6, 6.07) is 0. The maximum absolute atomic E-state index is 12.2. The Bertz CT molecular complexity index is 425. The van der Waals surface area contributed by atoms with Gasteiger partial charge in [-0.15, -0.1) is 0 Å². The number of alkyl carbamates (subject to hydrolysis) is 1. The molecule has 1 atom stereocenters. The predicted molar refractivity (Wildman–Crippen MR) is 93.8 cm³/mol. The summed E-state index contributed by atoms with van der Waals surface area (Å²) in [5.74, 6) is -0.00745. The lowest BCUT2D eigenvalue weighted by molar-refractivity contribution is -0.130. The Labute approximate surface area is 146 Å². The van der Waals surface area contributed by atoms with E-state index in [0.717, 1.165) is 12.8 Å². The molecule has 0 saturated heterocycles. The third kappa shape index (κ3) is 7.51. The van der Waals surface area contributed by atoms with Gasteiger partial charge in [0.15, 0.2) is 0 Å². The first kappa shape index (κ1) is 20.7. The Morgan fingerprint density at radius 1 is 1.12 bits per heavy atom. The topological polar surface area (TPSA) is 76.7 Å². The summed E-state index contributed by atoms with van der Waals surface area (Å²) in [7, 11) is 0. The Morgan fingerprint density at radius 2 is 1.71 bits per heavy atom. The molecule has 140 valence electrons. The molecule has 1 rings (SSSR count). The van der Waals surface area contributed by atoms with Gasteiger partial charge in [-0.3, -0.25) is 4.79 Å². The molecule has 0 radical (unpaired) electrons. The number of carbonyl (C=O) groups excluding carboxylic acids is 2. The van der Waals surface area contributed by atoms with Gasteiger partial charge < -0.3 is 20.1 Å². The Morgan fingerprint density at radius 3 is 2.21 bits per heavy atom. The van der Waals surface area contributed by atoms with Crippen LogP contribution in [0.1, 0.15) is 67.2 Å². The minimum absolute atomic E-state index is 0.0689. The molecule has 1 unspecified atom stereocenters. The van der Waals surface area contributed by atoms with E-state index in [-0.39, 0.29) is 24.5 Å². The van der Waals surface area contributed by atoms with Crippen LogP contribution in [0.15, 0.2) is 0 Å². The molecule has 2 N–H and O–H groups in total. The molecule has 0 aromatic rings. The quantitative estimate of drug-likeness (QED) is 0.746. The van der Waals surface area contributed by atoms with Crippen LogP contribution >= 0.6 is 0 Å². The number of carbonyl (C=O) groups is 2. The van der Waals surface area contributed by atoms with Gasteiger partial charge in [0.2, 0.25) is 5.91 Å². The second-order valence-corrected chi connectivity index (χ2v) is 8.19. The molecule has 24 heavy (non-hydrogen) atoms. The third-order valence-electron chi connectivity index (χ3n) is 4.45. The second-order valence-electron chi connectivity index (χ2n) is 8.19. The van der Waals surface area contributed by atoms with Crippen LogP contribution in [-0.2, 0) is 14.3 Å². The van der Waals surface area contributed by atoms with Crippen LogP contribution < -0.4 is 10.6 Å². The summed E-state index contributed by atoms with van der Waals surface area (Å²) in [5.41, 5.74) is -1.11. The second kappa shape index (κ2) is 8.70. The molecule has 1 aliphatic rings. The monoisotopic (exact) mass is 342 g/mol. The molecular formula is C18H34N2O4. The van der Waals surface area contributed by atoms with Crippen molar-refractivity contribution in [2.24, 2.45) is 5.92 Å². The van der Waals surface area contributed by atoms with E-state index in [4.69, 9.17) is 9.47 Å². The summed E-state index contributed by atoms with van der Waals surface area (Å²) in [4.78, 5) is 24.1. The third-order valence-corrected chi connectivity index (χ3v) is 4.45. The van der Waals surface area contributed by atoms with Gasteiger partial charge in [-0.1, -0.05) is 26.7 Å². The zero-order valence-electron chi connectivity index (χ0n) is 16.0. The van der Waals surface area contributed by atoms with E-state index >= 15 is 0 Å². The van der Waals surface area contributed by atoms with Gasteiger partial charge in [0, 0.05) is 6.54 Å². The van der Waals surface area contributed by atoms with Crippen molar-refractivity contribution in [3.05, 3.63) is 0 Å². The Hall–Kier alpha value is -1.30. The first-order valence-corrected chi connectivity index (χ1v) is 8.91. The number of ether oxygens (including phenoxy) is 2. The Kier molecular flexibility index (Phi) is 7.52. The van der Waals surface area contributed by atoms with E-state index in [1.54, 1.807) is 0 Å². The van der Waals surface area contributed by atoms with Gasteiger partial charge in [-0.25, -0.2) is 4.79 Å². The van der Waals surface area contributed by atoms with Gasteiger partial charge in [0.1, 0.15) is 12.2 Å². The number of rotatable bonds is 7. The lowest BCUT2D eigenvalue weighted by Gasteiger charge is -2.35. The maximum atomic E-state index is 12.2. The van der Waals surface area contributed by atoms with E-state index in [0.29, 0.717) is 6.54 Å². The van der Waals surface area contributed by atoms with Crippen LogP contribution in [-0.4, -0.2) is 42.4 Å². The molecule has 1 fully saturated rings. The minimum atomic E-state index is -0.562. The van der Waals surface area contributed by atoms with E-state index in [1.807, 2.05) is 41.5 Å². The molecular weight excluding hydrogens is 308 g/mol. The smallest absolute Gasteiger partial charge is 0.407 e. The van der Waals surface area contributed by atoms with Crippen molar-refractivity contribution in [1.82, 2.24) is 10.6 Å². The van der Waals surface area contributed by atoms with Crippen molar-refractivity contribution in [2.75, 3.05) is 13.2 Å². The van der Waals surface area contributed by atoms with E-state index in [1.165, 1.54) is 12.8 Å². The first-order valence-electron chi connectivity index (χ1n) is 8.91. The molecule has 0 heterocycles. The highest BCUT2D eigenvalue weighted by molar-refractivity contribution is 5.78. The standard InChI is InChI=1S/C18H34N2O4/c1-13(2)18(6,12-19-16(22)24-17(3,4)5)20-15(21)11-23-14-9-7-8-10-14/h13-14H,7-12H2,1-6H3,(H,19,22)(H,20,21). The number of amides is 2. The number of hydrogen-bond donors (Lipinski definition) is 2. The van der Waals surface area contributed by atoms with Crippen molar-refractivity contribution >= 4 is 12.0 Å². The first-order chi connectivity index (χ1) is 11.0. The highest BCUT2D eigenvalue weighted by atomic mass is 16.6. The van der Waals surface area contributed by atoms with Crippen molar-refractivity contribution in [3.63, 3.8) is 0 Å². The fraction of sp³-hybridized carbons (Fsp3) is 0.889. The molecule has 0 aromatic heterocycles.